The fourth-order valence-electron chi connectivity index (χ4n) is 2.20. The minimum atomic E-state index is 0.215. The molecule has 0 fully saturated rings. The van der Waals surface area contributed by atoms with Crippen molar-refractivity contribution in [2.45, 2.75) is 13.8 Å². The summed E-state index contributed by atoms with van der Waals surface area (Å²) in [6.07, 6.45) is 0. The second-order valence-electron chi connectivity index (χ2n) is 4.06. The Morgan fingerprint density at radius 3 is 2.80 bits per heavy atom. The molecule has 0 unspecified atom stereocenters. The molecule has 1 heterocycles. The largest absolute Gasteiger partial charge is 0.395 e. The number of aliphatic hydroxyl groups excluding tert-OH is 1. The SMILES string of the molecule is Cc1ccc(C)c2c1NCCN2CCO. The smallest absolute Gasteiger partial charge is 0.0635 e. The molecule has 1 aliphatic heterocycles. The number of aryl methyl sites for hydroxylation is 2. The highest BCUT2D eigenvalue weighted by atomic mass is 16.3. The Bertz CT molecular complexity index is 363. The number of anilines is 2. The third-order valence-electron chi connectivity index (χ3n) is 2.96. The van der Waals surface area contributed by atoms with Crippen LogP contribution in [-0.2, 0) is 0 Å². The molecule has 0 saturated heterocycles. The van der Waals surface area contributed by atoms with Crippen molar-refractivity contribution in [3.63, 3.8) is 0 Å². The van der Waals surface area contributed by atoms with Gasteiger partial charge in [0.1, 0.15) is 0 Å². The molecule has 15 heavy (non-hydrogen) atoms. The summed E-state index contributed by atoms with van der Waals surface area (Å²) in [7, 11) is 0. The van der Waals surface area contributed by atoms with E-state index in [1.807, 2.05) is 0 Å². The van der Waals surface area contributed by atoms with Gasteiger partial charge >= 0.3 is 0 Å². The Balaban J connectivity index is 2.45. The third-order valence-corrected chi connectivity index (χ3v) is 2.96. The molecule has 1 aliphatic rings. The Morgan fingerprint density at radius 2 is 2.07 bits per heavy atom. The number of fused-ring (bicyclic) bond motifs is 1. The van der Waals surface area contributed by atoms with E-state index in [0.29, 0.717) is 0 Å². The molecular formula is C12H18N2O. The van der Waals surface area contributed by atoms with Crippen LogP contribution in [0.25, 0.3) is 0 Å². The predicted octanol–water partition coefficient (Wildman–Crippen LogP) is 1.53. The van der Waals surface area contributed by atoms with E-state index in [9.17, 15) is 0 Å². The zero-order chi connectivity index (χ0) is 10.8. The maximum absolute atomic E-state index is 9.04. The van der Waals surface area contributed by atoms with E-state index in [1.54, 1.807) is 0 Å². The van der Waals surface area contributed by atoms with Crippen LogP contribution < -0.4 is 10.2 Å². The van der Waals surface area contributed by atoms with Crippen LogP contribution in [0.3, 0.4) is 0 Å². The molecule has 0 radical (unpaired) electrons. The van der Waals surface area contributed by atoms with Crippen molar-refractivity contribution in [2.75, 3.05) is 36.5 Å². The number of hydrogen-bond acceptors (Lipinski definition) is 3. The van der Waals surface area contributed by atoms with Gasteiger partial charge in [-0.2, -0.15) is 0 Å². The summed E-state index contributed by atoms with van der Waals surface area (Å²) in [5.74, 6) is 0. The van der Waals surface area contributed by atoms with Crippen molar-refractivity contribution in [3.05, 3.63) is 23.3 Å². The first-order valence-corrected chi connectivity index (χ1v) is 5.44. The van der Waals surface area contributed by atoms with Gasteiger partial charge in [0.2, 0.25) is 0 Å². The van der Waals surface area contributed by atoms with Crippen LogP contribution in [0, 0.1) is 13.8 Å². The highest BCUT2D eigenvalue weighted by Gasteiger charge is 2.19. The summed E-state index contributed by atoms with van der Waals surface area (Å²) in [5, 5.41) is 12.5. The average molecular weight is 206 g/mol. The van der Waals surface area contributed by atoms with E-state index in [-0.39, 0.29) is 6.61 Å². The van der Waals surface area contributed by atoms with Gasteiger partial charge in [0, 0.05) is 19.6 Å². The van der Waals surface area contributed by atoms with E-state index in [2.05, 4.69) is 36.2 Å². The Hall–Kier alpha value is -1.22. The topological polar surface area (TPSA) is 35.5 Å². The minimum absolute atomic E-state index is 0.215. The fraction of sp³-hybridized carbons (Fsp3) is 0.500. The van der Waals surface area contributed by atoms with Crippen molar-refractivity contribution in [3.8, 4) is 0 Å². The highest BCUT2D eigenvalue weighted by Crippen LogP contribution is 2.34. The summed E-state index contributed by atoms with van der Waals surface area (Å²) in [5.41, 5.74) is 5.04. The molecule has 0 bridgehead atoms. The summed E-state index contributed by atoms with van der Waals surface area (Å²) in [4.78, 5) is 2.26. The lowest BCUT2D eigenvalue weighted by molar-refractivity contribution is 0.302. The second kappa shape index (κ2) is 4.11. The van der Waals surface area contributed by atoms with Crippen LogP contribution in [0.5, 0.6) is 0 Å². The van der Waals surface area contributed by atoms with Gasteiger partial charge in [-0.1, -0.05) is 12.1 Å². The van der Waals surface area contributed by atoms with Gasteiger partial charge in [-0.25, -0.2) is 0 Å². The molecule has 1 aromatic rings. The molecule has 1 aromatic carbocycles. The Kier molecular flexibility index (Phi) is 2.82. The molecule has 0 aromatic heterocycles. The number of rotatable bonds is 2. The lowest BCUT2D eigenvalue weighted by Gasteiger charge is -2.34. The quantitative estimate of drug-likeness (QED) is 0.770. The molecule has 2 rings (SSSR count). The zero-order valence-electron chi connectivity index (χ0n) is 9.38. The molecule has 3 heteroatoms. The molecule has 0 aliphatic carbocycles. The van der Waals surface area contributed by atoms with Crippen molar-refractivity contribution < 1.29 is 5.11 Å². The Labute approximate surface area is 90.7 Å². The molecule has 0 spiro atoms. The number of β-amino-alcohol motifs (C(OH)–C–C–N with tert-alkyl or cyclic N) is 1. The Morgan fingerprint density at radius 1 is 1.33 bits per heavy atom. The van der Waals surface area contributed by atoms with Crippen LogP contribution in [0.15, 0.2) is 12.1 Å². The maximum Gasteiger partial charge on any atom is 0.0635 e. The number of benzene rings is 1. The molecule has 3 nitrogen and oxygen atoms in total. The van der Waals surface area contributed by atoms with Crippen molar-refractivity contribution >= 4 is 11.4 Å². The predicted molar refractivity (Wildman–Crippen MR) is 63.7 cm³/mol. The first kappa shape index (κ1) is 10.3. The second-order valence-corrected chi connectivity index (χ2v) is 4.06. The van der Waals surface area contributed by atoms with Gasteiger partial charge < -0.3 is 15.3 Å². The van der Waals surface area contributed by atoms with E-state index >= 15 is 0 Å². The van der Waals surface area contributed by atoms with Crippen LogP contribution in [0.2, 0.25) is 0 Å². The van der Waals surface area contributed by atoms with Crippen LogP contribution >= 0.6 is 0 Å². The first-order valence-electron chi connectivity index (χ1n) is 5.44. The maximum atomic E-state index is 9.04. The summed E-state index contributed by atoms with van der Waals surface area (Å²) >= 11 is 0. The van der Waals surface area contributed by atoms with Crippen LogP contribution in [0.1, 0.15) is 11.1 Å². The highest BCUT2D eigenvalue weighted by molar-refractivity contribution is 5.78. The fourth-order valence-corrected chi connectivity index (χ4v) is 2.20. The van der Waals surface area contributed by atoms with Gasteiger partial charge in [-0.05, 0) is 25.0 Å². The lowest BCUT2D eigenvalue weighted by atomic mass is 10.0. The van der Waals surface area contributed by atoms with Crippen molar-refractivity contribution in [2.24, 2.45) is 0 Å². The zero-order valence-corrected chi connectivity index (χ0v) is 9.38. The molecule has 0 saturated carbocycles. The first-order chi connectivity index (χ1) is 7.24. The van der Waals surface area contributed by atoms with E-state index in [1.165, 1.54) is 22.5 Å². The summed E-state index contributed by atoms with van der Waals surface area (Å²) in [6, 6.07) is 4.29. The van der Waals surface area contributed by atoms with Gasteiger partial charge in [0.15, 0.2) is 0 Å². The molecule has 0 amide bonds. The standard InChI is InChI=1S/C12H18N2O/c1-9-3-4-10(2)12-11(9)13-5-6-14(12)7-8-15/h3-4,13,15H,5-8H2,1-2H3. The van der Waals surface area contributed by atoms with Crippen molar-refractivity contribution in [1.29, 1.82) is 0 Å². The summed E-state index contributed by atoms with van der Waals surface area (Å²) < 4.78 is 0. The number of aliphatic hydroxyl groups is 1. The number of nitrogens with one attached hydrogen (secondary N) is 1. The van der Waals surface area contributed by atoms with E-state index < -0.39 is 0 Å². The lowest BCUT2D eigenvalue weighted by Crippen LogP contribution is -2.36. The summed E-state index contributed by atoms with van der Waals surface area (Å²) in [6.45, 7) is 7.10. The molecule has 0 atom stereocenters. The van der Waals surface area contributed by atoms with Crippen molar-refractivity contribution in [1.82, 2.24) is 0 Å². The minimum Gasteiger partial charge on any atom is -0.395 e. The van der Waals surface area contributed by atoms with Gasteiger partial charge in [-0.3, -0.25) is 0 Å². The van der Waals surface area contributed by atoms with Crippen LogP contribution in [-0.4, -0.2) is 31.3 Å². The van der Waals surface area contributed by atoms with Gasteiger partial charge in [-0.15, -0.1) is 0 Å². The molecule has 2 N–H and O–H groups in total. The van der Waals surface area contributed by atoms with E-state index in [4.69, 9.17) is 5.11 Å². The molecule has 82 valence electrons. The van der Waals surface area contributed by atoms with Gasteiger partial charge in [0.25, 0.3) is 0 Å². The average Bonchev–Trinajstić information content (AvgIpc) is 2.24. The number of nitrogens with zero attached hydrogens (tertiary/aromatic N) is 1. The van der Waals surface area contributed by atoms with Crippen LogP contribution in [0.4, 0.5) is 11.4 Å². The van der Waals surface area contributed by atoms with E-state index in [0.717, 1.165) is 19.6 Å². The monoisotopic (exact) mass is 206 g/mol. The third kappa shape index (κ3) is 1.79. The normalized spacial score (nSPS) is 14.7. The number of hydrogen-bond donors (Lipinski definition) is 2. The van der Waals surface area contributed by atoms with Gasteiger partial charge in [0.05, 0.1) is 18.0 Å². The molecular weight excluding hydrogens is 188 g/mol.